The number of anilines is 1. The molecule has 0 aliphatic carbocycles. The minimum absolute atomic E-state index is 0.0553. The number of hydrogen-bond donors (Lipinski definition) is 0. The van der Waals surface area contributed by atoms with Crippen molar-refractivity contribution in [3.63, 3.8) is 0 Å². The first-order valence-corrected chi connectivity index (χ1v) is 8.88. The van der Waals surface area contributed by atoms with Gasteiger partial charge in [0.15, 0.2) is 0 Å². The number of aromatic nitrogens is 1. The van der Waals surface area contributed by atoms with Crippen LogP contribution in [0, 0.1) is 0 Å². The average Bonchev–Trinajstić information content (AvgIpc) is 3.23. The summed E-state index contributed by atoms with van der Waals surface area (Å²) in [4.78, 5) is 21.1. The van der Waals surface area contributed by atoms with Crippen LogP contribution in [0.5, 0.6) is 0 Å². The van der Waals surface area contributed by atoms with Crippen LogP contribution in [0.25, 0.3) is 11.3 Å². The van der Waals surface area contributed by atoms with Crippen LogP contribution in [0.3, 0.4) is 0 Å². The quantitative estimate of drug-likeness (QED) is 0.703. The van der Waals surface area contributed by atoms with Gasteiger partial charge in [-0.1, -0.05) is 23.7 Å². The van der Waals surface area contributed by atoms with Crippen molar-refractivity contribution in [1.82, 2.24) is 9.88 Å². The summed E-state index contributed by atoms with van der Waals surface area (Å²) in [5, 5.41) is 0.626. The van der Waals surface area contributed by atoms with Gasteiger partial charge >= 0.3 is 0 Å². The monoisotopic (exact) mass is 367 g/mol. The van der Waals surface area contributed by atoms with E-state index >= 15 is 0 Å². The number of halogens is 1. The van der Waals surface area contributed by atoms with Gasteiger partial charge in [-0.2, -0.15) is 0 Å². The zero-order chi connectivity index (χ0) is 17.9. The fourth-order valence-electron chi connectivity index (χ4n) is 3.10. The van der Waals surface area contributed by atoms with Gasteiger partial charge < -0.3 is 14.2 Å². The highest BCUT2D eigenvalue weighted by molar-refractivity contribution is 6.30. The molecule has 6 heteroatoms. The van der Waals surface area contributed by atoms with Crippen LogP contribution in [-0.2, 0) is 0 Å². The lowest BCUT2D eigenvalue weighted by molar-refractivity contribution is 0.0746. The van der Waals surface area contributed by atoms with Gasteiger partial charge in [0, 0.05) is 43.5 Å². The lowest BCUT2D eigenvalue weighted by atomic mass is 10.1. The third kappa shape index (κ3) is 3.44. The number of nitrogens with zero attached hydrogens (tertiary/aromatic N) is 3. The lowest BCUT2D eigenvalue weighted by Crippen LogP contribution is -2.49. The molecule has 132 valence electrons. The van der Waals surface area contributed by atoms with Crippen molar-refractivity contribution >= 4 is 23.3 Å². The van der Waals surface area contributed by atoms with Gasteiger partial charge in [-0.25, -0.2) is 4.98 Å². The molecule has 26 heavy (non-hydrogen) atoms. The van der Waals surface area contributed by atoms with Gasteiger partial charge in [-0.3, -0.25) is 4.79 Å². The highest BCUT2D eigenvalue weighted by Gasteiger charge is 2.22. The smallest absolute Gasteiger partial charge is 0.253 e. The molecule has 0 N–H and O–H groups in total. The summed E-state index contributed by atoms with van der Waals surface area (Å²) in [6.07, 6.45) is 3.29. The second kappa shape index (κ2) is 7.22. The largest absolute Gasteiger partial charge is 0.464 e. The van der Waals surface area contributed by atoms with E-state index in [2.05, 4.69) is 9.88 Å². The first-order valence-electron chi connectivity index (χ1n) is 8.50. The SMILES string of the molecule is O=C(c1ccc(-c2ccco2)cc1)N1CCN(c2ccc(Cl)cn2)CC1. The second-order valence-electron chi connectivity index (χ2n) is 6.17. The van der Waals surface area contributed by atoms with Crippen molar-refractivity contribution in [3.8, 4) is 11.3 Å². The number of carbonyl (C=O) groups excluding carboxylic acids is 1. The van der Waals surface area contributed by atoms with Crippen LogP contribution in [0.1, 0.15) is 10.4 Å². The highest BCUT2D eigenvalue weighted by atomic mass is 35.5. The van der Waals surface area contributed by atoms with Crippen molar-refractivity contribution < 1.29 is 9.21 Å². The van der Waals surface area contributed by atoms with E-state index in [1.165, 1.54) is 0 Å². The second-order valence-corrected chi connectivity index (χ2v) is 6.60. The number of amides is 1. The molecule has 1 fully saturated rings. The molecule has 0 spiro atoms. The summed E-state index contributed by atoms with van der Waals surface area (Å²) >= 11 is 5.89. The Morgan fingerprint density at radius 2 is 1.77 bits per heavy atom. The predicted octanol–water partition coefficient (Wildman–Crippen LogP) is 3.96. The molecule has 0 bridgehead atoms. The molecule has 1 aliphatic rings. The van der Waals surface area contributed by atoms with Crippen molar-refractivity contribution in [2.45, 2.75) is 0 Å². The maximum atomic E-state index is 12.7. The Bertz CT molecular complexity index is 868. The molecular weight excluding hydrogens is 350 g/mol. The van der Waals surface area contributed by atoms with E-state index in [9.17, 15) is 4.79 Å². The molecule has 4 rings (SSSR count). The van der Waals surface area contributed by atoms with E-state index in [-0.39, 0.29) is 5.91 Å². The van der Waals surface area contributed by atoms with E-state index in [0.717, 1.165) is 30.2 Å². The van der Waals surface area contributed by atoms with Gasteiger partial charge in [-0.15, -0.1) is 0 Å². The zero-order valence-electron chi connectivity index (χ0n) is 14.1. The summed E-state index contributed by atoms with van der Waals surface area (Å²) in [5.74, 6) is 1.75. The molecular formula is C20H18ClN3O2. The van der Waals surface area contributed by atoms with Crippen LogP contribution < -0.4 is 4.90 Å². The third-order valence-corrected chi connectivity index (χ3v) is 4.76. The van der Waals surface area contributed by atoms with Crippen molar-refractivity contribution in [3.05, 3.63) is 71.6 Å². The summed E-state index contributed by atoms with van der Waals surface area (Å²) in [5.41, 5.74) is 1.66. The molecule has 0 radical (unpaired) electrons. The molecule has 1 aromatic carbocycles. The molecule has 1 saturated heterocycles. The fourth-order valence-corrected chi connectivity index (χ4v) is 3.21. The molecule has 1 aliphatic heterocycles. The van der Waals surface area contributed by atoms with Crippen molar-refractivity contribution in [2.75, 3.05) is 31.1 Å². The normalized spacial score (nSPS) is 14.5. The summed E-state index contributed by atoms with van der Waals surface area (Å²) in [6.45, 7) is 2.85. The van der Waals surface area contributed by atoms with Gasteiger partial charge in [0.05, 0.1) is 11.3 Å². The Balaban J connectivity index is 1.39. The first kappa shape index (κ1) is 16.7. The number of pyridine rings is 1. The lowest BCUT2D eigenvalue weighted by Gasteiger charge is -2.35. The summed E-state index contributed by atoms with van der Waals surface area (Å²) < 4.78 is 5.38. The van der Waals surface area contributed by atoms with Crippen LogP contribution in [0.4, 0.5) is 5.82 Å². The van der Waals surface area contributed by atoms with E-state index in [1.54, 1.807) is 12.5 Å². The van der Waals surface area contributed by atoms with Crippen LogP contribution in [0.2, 0.25) is 5.02 Å². The molecule has 0 unspecified atom stereocenters. The highest BCUT2D eigenvalue weighted by Crippen LogP contribution is 2.21. The molecule has 3 heterocycles. The van der Waals surface area contributed by atoms with E-state index < -0.39 is 0 Å². The first-order chi connectivity index (χ1) is 12.7. The van der Waals surface area contributed by atoms with Crippen LogP contribution in [0.15, 0.2) is 65.4 Å². The number of furan rings is 1. The maximum absolute atomic E-state index is 12.7. The van der Waals surface area contributed by atoms with Gasteiger partial charge in [0.25, 0.3) is 5.91 Å². The van der Waals surface area contributed by atoms with E-state index in [0.29, 0.717) is 23.7 Å². The van der Waals surface area contributed by atoms with Crippen molar-refractivity contribution in [1.29, 1.82) is 0 Å². The Hall–Kier alpha value is -2.79. The van der Waals surface area contributed by atoms with Crippen LogP contribution >= 0.6 is 11.6 Å². The van der Waals surface area contributed by atoms with E-state index in [4.69, 9.17) is 16.0 Å². The molecule has 5 nitrogen and oxygen atoms in total. The Morgan fingerprint density at radius 3 is 2.38 bits per heavy atom. The molecule has 1 amide bonds. The molecule has 0 atom stereocenters. The van der Waals surface area contributed by atoms with Crippen LogP contribution in [-0.4, -0.2) is 42.0 Å². The molecule has 3 aromatic rings. The number of benzene rings is 1. The third-order valence-electron chi connectivity index (χ3n) is 4.54. The standard InChI is InChI=1S/C20H18ClN3O2/c21-17-7-8-19(22-14-17)23-9-11-24(12-10-23)20(25)16-5-3-15(4-6-16)18-2-1-13-26-18/h1-8,13-14H,9-12H2. The minimum Gasteiger partial charge on any atom is -0.464 e. The average molecular weight is 368 g/mol. The minimum atomic E-state index is 0.0553. The summed E-state index contributed by atoms with van der Waals surface area (Å²) in [6, 6.07) is 15.0. The molecule has 2 aromatic heterocycles. The molecule has 0 saturated carbocycles. The Morgan fingerprint density at radius 1 is 1.00 bits per heavy atom. The van der Waals surface area contributed by atoms with Crippen molar-refractivity contribution in [2.24, 2.45) is 0 Å². The fraction of sp³-hybridized carbons (Fsp3) is 0.200. The van der Waals surface area contributed by atoms with Gasteiger partial charge in [0.1, 0.15) is 11.6 Å². The van der Waals surface area contributed by atoms with Gasteiger partial charge in [0.2, 0.25) is 0 Å². The number of hydrogen-bond acceptors (Lipinski definition) is 4. The van der Waals surface area contributed by atoms with Gasteiger partial charge in [-0.05, 0) is 36.4 Å². The van der Waals surface area contributed by atoms with E-state index in [1.807, 2.05) is 53.4 Å². The number of piperazine rings is 1. The number of rotatable bonds is 3. The Labute approximate surface area is 156 Å². The topological polar surface area (TPSA) is 49.6 Å². The number of carbonyl (C=O) groups is 1. The maximum Gasteiger partial charge on any atom is 0.253 e. The zero-order valence-corrected chi connectivity index (χ0v) is 14.9. The Kier molecular flexibility index (Phi) is 4.63. The predicted molar refractivity (Wildman–Crippen MR) is 102 cm³/mol. The summed E-state index contributed by atoms with van der Waals surface area (Å²) in [7, 11) is 0.